The van der Waals surface area contributed by atoms with E-state index in [0.717, 1.165) is 32.6 Å². The maximum Gasteiger partial charge on any atom is 0.152 e. The van der Waals surface area contributed by atoms with E-state index >= 15 is 0 Å². The van der Waals surface area contributed by atoms with Crippen LogP contribution in [0.15, 0.2) is 51.4 Å². The molecule has 3 rings (SSSR count). The van der Waals surface area contributed by atoms with Crippen LogP contribution < -0.4 is 5.73 Å². The molecule has 0 saturated carbocycles. The number of fused-ring (bicyclic) bond motifs is 1. The molecule has 1 atom stereocenters. The zero-order valence-electron chi connectivity index (χ0n) is 10.4. The van der Waals surface area contributed by atoms with Crippen molar-refractivity contribution in [1.82, 2.24) is 4.98 Å². The lowest BCUT2D eigenvalue weighted by atomic mass is 10.1. The van der Waals surface area contributed by atoms with E-state index in [9.17, 15) is 0 Å². The van der Waals surface area contributed by atoms with Crippen LogP contribution >= 0.6 is 15.9 Å². The molecule has 19 heavy (non-hydrogen) atoms. The molecule has 0 spiro atoms. The Bertz CT molecular complexity index is 736. The second kappa shape index (κ2) is 4.79. The highest BCUT2D eigenvalue weighted by atomic mass is 79.9. The average Bonchev–Trinajstić information content (AvgIpc) is 2.81. The van der Waals surface area contributed by atoms with E-state index in [1.807, 2.05) is 49.4 Å². The molecule has 2 N–H and O–H groups in total. The van der Waals surface area contributed by atoms with E-state index in [-0.39, 0.29) is 6.04 Å². The zero-order valence-corrected chi connectivity index (χ0v) is 12.0. The lowest BCUT2D eigenvalue weighted by Gasteiger charge is -2.10. The summed E-state index contributed by atoms with van der Waals surface area (Å²) in [4.78, 5) is 4.43. The van der Waals surface area contributed by atoms with Gasteiger partial charge in [0, 0.05) is 16.2 Å². The number of pyridine rings is 1. The number of hydrogen-bond donors (Lipinski definition) is 1. The van der Waals surface area contributed by atoms with Crippen molar-refractivity contribution in [3.05, 3.63) is 64.0 Å². The number of nitrogens with two attached hydrogens (primary N) is 1. The van der Waals surface area contributed by atoms with Crippen LogP contribution in [-0.4, -0.2) is 4.98 Å². The van der Waals surface area contributed by atoms with Crippen LogP contribution in [0.1, 0.15) is 23.1 Å². The third kappa shape index (κ3) is 2.29. The first kappa shape index (κ1) is 12.4. The molecule has 0 aliphatic heterocycles. The maximum absolute atomic E-state index is 6.27. The van der Waals surface area contributed by atoms with Crippen LogP contribution in [0.4, 0.5) is 0 Å². The van der Waals surface area contributed by atoms with Crippen molar-refractivity contribution in [2.45, 2.75) is 13.0 Å². The number of aromatic nitrogens is 1. The minimum absolute atomic E-state index is 0.301. The molecule has 0 aliphatic carbocycles. The van der Waals surface area contributed by atoms with Crippen molar-refractivity contribution in [2.75, 3.05) is 0 Å². The van der Waals surface area contributed by atoms with Gasteiger partial charge < -0.3 is 10.2 Å². The van der Waals surface area contributed by atoms with Crippen LogP contribution in [0.2, 0.25) is 0 Å². The van der Waals surface area contributed by atoms with Crippen LogP contribution in [0.25, 0.3) is 11.1 Å². The van der Waals surface area contributed by atoms with Gasteiger partial charge in [0.05, 0.1) is 6.04 Å². The fraction of sp³-hybridized carbons (Fsp3) is 0.133. The third-order valence-electron chi connectivity index (χ3n) is 3.08. The molecule has 0 radical (unpaired) electrons. The fourth-order valence-corrected chi connectivity index (χ4v) is 2.61. The summed E-state index contributed by atoms with van der Waals surface area (Å²) in [5.41, 5.74) is 9.84. The Labute approximate surface area is 119 Å². The molecule has 96 valence electrons. The Balaban J connectivity index is 2.07. The van der Waals surface area contributed by atoms with Crippen molar-refractivity contribution < 1.29 is 4.42 Å². The Morgan fingerprint density at radius 2 is 2.00 bits per heavy atom. The number of furan rings is 1. The Hall–Kier alpha value is -1.65. The van der Waals surface area contributed by atoms with Crippen LogP contribution in [0, 0.1) is 6.92 Å². The Morgan fingerprint density at radius 1 is 1.21 bits per heavy atom. The van der Waals surface area contributed by atoms with Crippen LogP contribution in [0.3, 0.4) is 0 Å². The summed E-state index contributed by atoms with van der Waals surface area (Å²) >= 11 is 3.51. The summed E-state index contributed by atoms with van der Waals surface area (Å²) < 4.78 is 6.76. The van der Waals surface area contributed by atoms with Crippen LogP contribution in [-0.2, 0) is 0 Å². The van der Waals surface area contributed by atoms with Crippen molar-refractivity contribution in [2.24, 2.45) is 5.73 Å². The largest absolute Gasteiger partial charge is 0.457 e. The van der Waals surface area contributed by atoms with Gasteiger partial charge in [0.25, 0.3) is 0 Å². The SMILES string of the molecule is Cc1ccc2oc(C(N)c3ccccc3Br)cc2n1. The molecule has 2 heterocycles. The number of hydrogen-bond acceptors (Lipinski definition) is 3. The first-order chi connectivity index (χ1) is 9.15. The summed E-state index contributed by atoms with van der Waals surface area (Å²) in [5, 5.41) is 0. The lowest BCUT2D eigenvalue weighted by molar-refractivity contribution is 0.524. The number of aryl methyl sites for hydroxylation is 1. The summed E-state index contributed by atoms with van der Waals surface area (Å²) in [6, 6.07) is 13.3. The van der Waals surface area contributed by atoms with Gasteiger partial charge in [0.15, 0.2) is 5.58 Å². The maximum atomic E-state index is 6.27. The van der Waals surface area contributed by atoms with Gasteiger partial charge in [0.1, 0.15) is 11.3 Å². The predicted octanol–water partition coefficient (Wildman–Crippen LogP) is 3.95. The standard InChI is InChI=1S/C15H13BrN2O/c1-9-6-7-13-12(18-9)8-14(19-13)15(17)10-4-2-3-5-11(10)16/h2-8,15H,17H2,1H3. The molecule has 3 nitrogen and oxygen atoms in total. The van der Waals surface area contributed by atoms with Crippen molar-refractivity contribution in [1.29, 1.82) is 0 Å². The first-order valence-corrected chi connectivity index (χ1v) is 6.81. The van der Waals surface area contributed by atoms with Gasteiger partial charge in [-0.15, -0.1) is 0 Å². The third-order valence-corrected chi connectivity index (χ3v) is 3.80. The van der Waals surface area contributed by atoms with Crippen LogP contribution in [0.5, 0.6) is 0 Å². The molecular formula is C15H13BrN2O. The van der Waals surface area contributed by atoms with Crippen molar-refractivity contribution in [3.63, 3.8) is 0 Å². The van der Waals surface area contributed by atoms with E-state index in [1.165, 1.54) is 0 Å². The zero-order chi connectivity index (χ0) is 13.4. The monoisotopic (exact) mass is 316 g/mol. The summed E-state index contributed by atoms with van der Waals surface area (Å²) in [7, 11) is 0. The van der Waals surface area contributed by atoms with E-state index in [4.69, 9.17) is 10.2 Å². The summed E-state index contributed by atoms with van der Waals surface area (Å²) in [6.45, 7) is 1.96. The number of halogens is 1. The first-order valence-electron chi connectivity index (χ1n) is 6.02. The van der Waals surface area contributed by atoms with Gasteiger partial charge in [-0.1, -0.05) is 34.1 Å². The molecule has 0 aliphatic rings. The second-order valence-corrected chi connectivity index (χ2v) is 5.34. The lowest BCUT2D eigenvalue weighted by Crippen LogP contribution is -2.11. The smallest absolute Gasteiger partial charge is 0.152 e. The highest BCUT2D eigenvalue weighted by molar-refractivity contribution is 9.10. The molecule has 2 aromatic heterocycles. The molecule has 0 saturated heterocycles. The highest BCUT2D eigenvalue weighted by Gasteiger charge is 2.16. The van der Waals surface area contributed by atoms with Gasteiger partial charge in [0.2, 0.25) is 0 Å². The molecule has 0 bridgehead atoms. The van der Waals surface area contributed by atoms with Crippen molar-refractivity contribution in [3.8, 4) is 0 Å². The average molecular weight is 317 g/mol. The normalized spacial score (nSPS) is 12.8. The van der Waals surface area contributed by atoms with E-state index in [2.05, 4.69) is 20.9 Å². The number of benzene rings is 1. The van der Waals surface area contributed by atoms with Gasteiger partial charge in [-0.2, -0.15) is 0 Å². The Kier molecular flexibility index (Phi) is 3.12. The van der Waals surface area contributed by atoms with Gasteiger partial charge >= 0.3 is 0 Å². The second-order valence-electron chi connectivity index (χ2n) is 4.48. The highest BCUT2D eigenvalue weighted by Crippen LogP contribution is 2.29. The molecular weight excluding hydrogens is 304 g/mol. The quantitative estimate of drug-likeness (QED) is 0.779. The van der Waals surface area contributed by atoms with Gasteiger partial charge in [-0.05, 0) is 30.7 Å². The van der Waals surface area contributed by atoms with E-state index in [1.54, 1.807) is 0 Å². The Morgan fingerprint density at radius 3 is 2.79 bits per heavy atom. The summed E-state index contributed by atoms with van der Waals surface area (Å²) in [6.07, 6.45) is 0. The minimum Gasteiger partial charge on any atom is -0.457 e. The van der Waals surface area contributed by atoms with Gasteiger partial charge in [-0.3, -0.25) is 0 Å². The molecule has 4 heteroatoms. The number of rotatable bonds is 2. The van der Waals surface area contributed by atoms with E-state index in [0.29, 0.717) is 0 Å². The molecule has 0 fully saturated rings. The van der Waals surface area contributed by atoms with Crippen molar-refractivity contribution >= 4 is 27.0 Å². The fourth-order valence-electron chi connectivity index (χ4n) is 2.08. The molecule has 1 aromatic carbocycles. The minimum atomic E-state index is -0.301. The topological polar surface area (TPSA) is 52.0 Å². The number of nitrogens with zero attached hydrogens (tertiary/aromatic N) is 1. The molecule has 0 amide bonds. The van der Waals surface area contributed by atoms with Gasteiger partial charge in [-0.25, -0.2) is 4.98 Å². The van der Waals surface area contributed by atoms with E-state index < -0.39 is 0 Å². The predicted molar refractivity (Wildman–Crippen MR) is 78.9 cm³/mol. The molecule has 1 unspecified atom stereocenters. The summed E-state index contributed by atoms with van der Waals surface area (Å²) in [5.74, 6) is 0.722. The molecule has 3 aromatic rings.